The molecule has 5 aromatic rings. The van der Waals surface area contributed by atoms with E-state index in [2.05, 4.69) is 71.6 Å². The van der Waals surface area contributed by atoms with Crippen molar-refractivity contribution in [3.63, 3.8) is 0 Å². The molecule has 0 N–H and O–H groups in total. The minimum absolute atomic E-state index is 0.233. The normalized spacial score (nSPS) is 13.5. The monoisotopic (exact) mass is 473 g/mol. The zero-order valence-corrected chi connectivity index (χ0v) is 20.2. The van der Waals surface area contributed by atoms with Crippen LogP contribution in [0, 0.1) is 6.92 Å². The Morgan fingerprint density at radius 1 is 0.833 bits per heavy atom. The molecule has 36 heavy (non-hydrogen) atoms. The molecule has 0 radical (unpaired) electrons. The maximum atomic E-state index is 12.4. The van der Waals surface area contributed by atoms with Gasteiger partial charge in [-0.05, 0) is 35.2 Å². The standard InChI is InChI=1S/C32H27NO3/c1-22-31-26(17-28-27(18-30(34)36-32(22)28)23-11-5-2-6-12-23)19-33(21-35-31)20-29(24-13-7-3-8-14-24)25-15-9-4-10-16-25/h2-18,29H,19-21H2,1H3. The smallest absolute Gasteiger partial charge is 0.336 e. The lowest BCUT2D eigenvalue weighted by atomic mass is 9.90. The fourth-order valence-electron chi connectivity index (χ4n) is 5.28. The molecule has 0 spiro atoms. The molecule has 1 aromatic heterocycles. The van der Waals surface area contributed by atoms with Gasteiger partial charge in [0.25, 0.3) is 0 Å². The summed E-state index contributed by atoms with van der Waals surface area (Å²) in [6, 6.07) is 35.0. The van der Waals surface area contributed by atoms with E-state index >= 15 is 0 Å². The number of hydrogen-bond donors (Lipinski definition) is 0. The van der Waals surface area contributed by atoms with Crippen molar-refractivity contribution in [3.8, 4) is 16.9 Å². The third-order valence-electron chi connectivity index (χ3n) is 7.01. The maximum Gasteiger partial charge on any atom is 0.336 e. The van der Waals surface area contributed by atoms with Crippen molar-refractivity contribution in [1.29, 1.82) is 0 Å². The van der Waals surface area contributed by atoms with Crippen molar-refractivity contribution < 1.29 is 9.15 Å². The Kier molecular flexibility index (Phi) is 5.88. The maximum absolute atomic E-state index is 12.4. The Morgan fingerprint density at radius 2 is 1.44 bits per heavy atom. The van der Waals surface area contributed by atoms with Crippen molar-refractivity contribution in [2.45, 2.75) is 19.4 Å². The van der Waals surface area contributed by atoms with Crippen LogP contribution in [-0.4, -0.2) is 18.2 Å². The van der Waals surface area contributed by atoms with Gasteiger partial charge in [-0.1, -0.05) is 91.0 Å². The predicted octanol–water partition coefficient (Wildman–Crippen LogP) is 6.75. The van der Waals surface area contributed by atoms with Crippen LogP contribution < -0.4 is 10.4 Å². The molecule has 0 bridgehead atoms. The summed E-state index contributed by atoms with van der Waals surface area (Å²) in [5, 5.41) is 0.935. The molecule has 0 aliphatic carbocycles. The first-order chi connectivity index (χ1) is 17.7. The zero-order chi connectivity index (χ0) is 24.5. The van der Waals surface area contributed by atoms with E-state index in [1.807, 2.05) is 37.3 Å². The average Bonchev–Trinajstić information content (AvgIpc) is 2.93. The van der Waals surface area contributed by atoms with Gasteiger partial charge in [-0.15, -0.1) is 0 Å². The average molecular weight is 474 g/mol. The fraction of sp³-hybridized carbons (Fsp3) is 0.156. The Morgan fingerprint density at radius 3 is 2.08 bits per heavy atom. The largest absolute Gasteiger partial charge is 0.477 e. The summed E-state index contributed by atoms with van der Waals surface area (Å²) in [5.74, 6) is 1.06. The number of nitrogens with zero attached hydrogens (tertiary/aromatic N) is 1. The van der Waals surface area contributed by atoms with E-state index in [1.54, 1.807) is 6.07 Å². The van der Waals surface area contributed by atoms with Crippen molar-refractivity contribution in [1.82, 2.24) is 4.90 Å². The van der Waals surface area contributed by atoms with Crippen LogP contribution in [0.2, 0.25) is 0 Å². The number of aryl methyl sites for hydroxylation is 1. The molecule has 178 valence electrons. The number of hydrogen-bond acceptors (Lipinski definition) is 4. The molecule has 0 amide bonds. The molecule has 1 aliphatic heterocycles. The van der Waals surface area contributed by atoms with Crippen LogP contribution in [0.25, 0.3) is 22.1 Å². The predicted molar refractivity (Wildman–Crippen MR) is 143 cm³/mol. The molecule has 4 heteroatoms. The molecule has 0 fully saturated rings. The van der Waals surface area contributed by atoms with Gasteiger partial charge < -0.3 is 9.15 Å². The van der Waals surface area contributed by atoms with Crippen LogP contribution in [0.5, 0.6) is 5.75 Å². The second kappa shape index (κ2) is 9.48. The van der Waals surface area contributed by atoms with E-state index < -0.39 is 0 Å². The number of benzene rings is 4. The van der Waals surface area contributed by atoms with Crippen LogP contribution in [-0.2, 0) is 6.54 Å². The Balaban J connectivity index is 1.39. The summed E-state index contributed by atoms with van der Waals surface area (Å²) >= 11 is 0. The molecule has 0 saturated carbocycles. The minimum atomic E-state index is -0.351. The van der Waals surface area contributed by atoms with E-state index in [4.69, 9.17) is 9.15 Å². The van der Waals surface area contributed by atoms with Crippen molar-refractivity contribution in [2.75, 3.05) is 13.3 Å². The van der Waals surface area contributed by atoms with Crippen LogP contribution >= 0.6 is 0 Å². The highest BCUT2D eigenvalue weighted by Crippen LogP contribution is 2.39. The van der Waals surface area contributed by atoms with Gasteiger partial charge in [-0.25, -0.2) is 4.79 Å². The van der Waals surface area contributed by atoms with E-state index in [1.165, 1.54) is 11.1 Å². The lowest BCUT2D eigenvalue weighted by Gasteiger charge is -2.33. The first-order valence-electron chi connectivity index (χ1n) is 12.3. The van der Waals surface area contributed by atoms with E-state index in [9.17, 15) is 4.79 Å². The SMILES string of the molecule is Cc1c2c(cc3c(-c4ccccc4)cc(=O)oc13)CN(CC(c1ccccc1)c1ccccc1)CO2. The van der Waals surface area contributed by atoms with Gasteiger partial charge in [0.1, 0.15) is 18.1 Å². The lowest BCUT2D eigenvalue weighted by Crippen LogP contribution is -2.35. The van der Waals surface area contributed by atoms with Gasteiger partial charge in [0, 0.05) is 41.6 Å². The van der Waals surface area contributed by atoms with E-state index in [0.29, 0.717) is 12.3 Å². The molecule has 1 aliphatic rings. The number of ether oxygens (including phenoxy) is 1. The van der Waals surface area contributed by atoms with Crippen molar-refractivity contribution in [2.24, 2.45) is 0 Å². The molecule has 4 nitrogen and oxygen atoms in total. The molecule has 0 saturated heterocycles. The second-order valence-electron chi connectivity index (χ2n) is 9.37. The zero-order valence-electron chi connectivity index (χ0n) is 20.2. The summed E-state index contributed by atoms with van der Waals surface area (Å²) in [6.07, 6.45) is 0. The fourth-order valence-corrected chi connectivity index (χ4v) is 5.28. The first kappa shape index (κ1) is 22.3. The molecule has 0 unspecified atom stereocenters. The van der Waals surface area contributed by atoms with E-state index in [-0.39, 0.29) is 11.5 Å². The molecule has 0 atom stereocenters. The van der Waals surface area contributed by atoms with Gasteiger partial charge in [-0.3, -0.25) is 4.90 Å². The highest BCUT2D eigenvalue weighted by atomic mass is 16.5. The minimum Gasteiger partial charge on any atom is -0.477 e. The van der Waals surface area contributed by atoms with Crippen LogP contribution in [0.15, 0.2) is 112 Å². The van der Waals surface area contributed by atoms with Gasteiger partial charge in [-0.2, -0.15) is 0 Å². The molecular formula is C32H27NO3. The highest BCUT2D eigenvalue weighted by Gasteiger charge is 2.26. The number of rotatable bonds is 5. The quantitative estimate of drug-likeness (QED) is 0.265. The second-order valence-corrected chi connectivity index (χ2v) is 9.37. The Hall–Kier alpha value is -4.15. The topological polar surface area (TPSA) is 42.7 Å². The summed E-state index contributed by atoms with van der Waals surface area (Å²) in [4.78, 5) is 14.8. The molecule has 6 rings (SSSR count). The van der Waals surface area contributed by atoms with Gasteiger partial charge in [0.2, 0.25) is 0 Å². The third kappa shape index (κ3) is 4.21. The molecule has 2 heterocycles. The molecular weight excluding hydrogens is 446 g/mol. The van der Waals surface area contributed by atoms with Crippen LogP contribution in [0.3, 0.4) is 0 Å². The van der Waals surface area contributed by atoms with E-state index in [0.717, 1.165) is 46.5 Å². The third-order valence-corrected chi connectivity index (χ3v) is 7.01. The van der Waals surface area contributed by atoms with Crippen LogP contribution in [0.4, 0.5) is 0 Å². The Bertz CT molecular complexity index is 1520. The summed E-state index contributed by atoms with van der Waals surface area (Å²) < 4.78 is 12.0. The summed E-state index contributed by atoms with van der Waals surface area (Å²) in [7, 11) is 0. The Labute approximate surface area is 210 Å². The first-order valence-corrected chi connectivity index (χ1v) is 12.3. The van der Waals surface area contributed by atoms with Crippen molar-refractivity contribution >= 4 is 11.0 Å². The summed E-state index contributed by atoms with van der Waals surface area (Å²) in [5.41, 5.74) is 6.69. The van der Waals surface area contributed by atoms with Crippen LogP contribution in [0.1, 0.15) is 28.2 Å². The van der Waals surface area contributed by atoms with Crippen molar-refractivity contribution in [3.05, 3.63) is 136 Å². The van der Waals surface area contributed by atoms with Gasteiger partial charge in [0.15, 0.2) is 0 Å². The highest BCUT2D eigenvalue weighted by molar-refractivity contribution is 5.96. The lowest BCUT2D eigenvalue weighted by molar-refractivity contribution is 0.0917. The van der Waals surface area contributed by atoms with Gasteiger partial charge >= 0.3 is 5.63 Å². The summed E-state index contributed by atoms with van der Waals surface area (Å²) in [6.45, 7) is 4.05. The molecule has 4 aromatic carbocycles. The van der Waals surface area contributed by atoms with Gasteiger partial charge in [0.05, 0.1) is 0 Å². The number of fused-ring (bicyclic) bond motifs is 2.